The molecule has 9 N–H and O–H groups in total. The van der Waals surface area contributed by atoms with Gasteiger partial charge in [0.2, 0.25) is 0 Å². The molecule has 1 aliphatic rings. The Morgan fingerprint density at radius 3 is 2.61 bits per heavy atom. The summed E-state index contributed by atoms with van der Waals surface area (Å²) in [5.41, 5.74) is 16.7. The minimum Gasteiger partial charge on any atom is -0.394 e. The maximum absolute atomic E-state index is 12.2. The molecule has 2 rings (SSSR count). The molecular formula is C19H32ClN7O4. The number of aromatic nitrogens is 2. The van der Waals surface area contributed by atoms with Crippen molar-refractivity contribution in [2.24, 2.45) is 16.6 Å². The van der Waals surface area contributed by atoms with Crippen LogP contribution < -0.4 is 22.5 Å². The number of nitrogens with two attached hydrogens (primary N) is 3. The molecule has 1 aromatic heterocycles. The molecule has 1 atom stereocenters. The highest BCUT2D eigenvalue weighted by molar-refractivity contribution is 6.31. The molecule has 12 heteroatoms. The summed E-state index contributed by atoms with van der Waals surface area (Å²) < 4.78 is 5.63. The second kappa shape index (κ2) is 12.6. The first-order chi connectivity index (χ1) is 14.8. The van der Waals surface area contributed by atoms with Crippen LogP contribution in [0.25, 0.3) is 0 Å². The maximum atomic E-state index is 12.2. The summed E-state index contributed by atoms with van der Waals surface area (Å²) in [6.07, 6.45) is 6.46. The number of nitrogens with zero attached hydrogens (tertiary/aromatic N) is 3. The van der Waals surface area contributed by atoms with Crippen LogP contribution in [0.1, 0.15) is 55.4 Å². The lowest BCUT2D eigenvalue weighted by Gasteiger charge is -2.29. The predicted molar refractivity (Wildman–Crippen MR) is 118 cm³/mol. The molecule has 1 fully saturated rings. The number of unbranched alkanes of at least 4 members (excludes halogenated alkanes) is 1. The third-order valence-corrected chi connectivity index (χ3v) is 5.47. The molecule has 11 nitrogen and oxygen atoms in total. The Bertz CT molecular complexity index is 757. The zero-order chi connectivity index (χ0) is 22.8. The van der Waals surface area contributed by atoms with Crippen LogP contribution in [-0.2, 0) is 4.74 Å². The van der Waals surface area contributed by atoms with Crippen molar-refractivity contribution in [2.75, 3.05) is 31.2 Å². The van der Waals surface area contributed by atoms with Gasteiger partial charge >= 0.3 is 0 Å². The van der Waals surface area contributed by atoms with Crippen molar-refractivity contribution < 1.29 is 19.7 Å². The summed E-state index contributed by atoms with van der Waals surface area (Å²) in [7, 11) is 0. The van der Waals surface area contributed by atoms with Gasteiger partial charge in [-0.1, -0.05) is 24.4 Å². The van der Waals surface area contributed by atoms with Gasteiger partial charge in [-0.2, -0.15) is 0 Å². The quantitative estimate of drug-likeness (QED) is 0.164. The van der Waals surface area contributed by atoms with Crippen molar-refractivity contribution in [3.63, 3.8) is 0 Å². The fourth-order valence-corrected chi connectivity index (χ4v) is 3.58. The molecule has 0 unspecified atom stereocenters. The molecule has 0 aromatic carbocycles. The van der Waals surface area contributed by atoms with E-state index in [2.05, 4.69) is 20.3 Å². The highest BCUT2D eigenvalue weighted by Gasteiger charge is 2.22. The molecule has 174 valence electrons. The van der Waals surface area contributed by atoms with Crippen LogP contribution >= 0.6 is 11.6 Å². The zero-order valence-electron chi connectivity index (χ0n) is 17.5. The number of carbonyl (C=O) groups excluding carboxylic acids is 1. The zero-order valence-corrected chi connectivity index (χ0v) is 18.2. The van der Waals surface area contributed by atoms with Crippen molar-refractivity contribution in [1.29, 1.82) is 0 Å². The molecule has 1 amide bonds. The van der Waals surface area contributed by atoms with Crippen LogP contribution in [0.3, 0.4) is 0 Å². The highest BCUT2D eigenvalue weighted by Crippen LogP contribution is 2.29. The molecule has 0 spiro atoms. The van der Waals surface area contributed by atoms with Crippen molar-refractivity contribution in [1.82, 2.24) is 15.3 Å². The number of nitrogens with one attached hydrogen (secondary N) is 1. The normalized spacial score (nSPS) is 20.4. The summed E-state index contributed by atoms with van der Waals surface area (Å²) in [6.45, 7) is 0.406. The molecule has 1 aromatic rings. The lowest BCUT2D eigenvalue weighted by molar-refractivity contribution is -0.0445. The SMILES string of the molecule is NC(=NCCCCC1CCC(OC[C@@H](O)CO)CC1)NC(=O)c1nc(Cl)c(N)nc1N. The largest absolute Gasteiger partial charge is 0.394 e. The second-order valence-corrected chi connectivity index (χ2v) is 8.02. The van der Waals surface area contributed by atoms with Crippen LogP contribution in [0.15, 0.2) is 4.99 Å². The number of ether oxygens (including phenoxy) is 1. The van der Waals surface area contributed by atoms with E-state index in [4.69, 9.17) is 38.6 Å². The van der Waals surface area contributed by atoms with Gasteiger partial charge in [0.05, 0.1) is 19.3 Å². The molecular weight excluding hydrogens is 426 g/mol. The van der Waals surface area contributed by atoms with Gasteiger partial charge in [-0.25, -0.2) is 9.97 Å². The summed E-state index contributed by atoms with van der Waals surface area (Å²) >= 11 is 5.77. The van der Waals surface area contributed by atoms with E-state index < -0.39 is 12.0 Å². The Balaban J connectivity index is 1.63. The molecule has 0 radical (unpaired) electrons. The van der Waals surface area contributed by atoms with E-state index in [0.717, 1.165) is 44.9 Å². The van der Waals surface area contributed by atoms with Gasteiger partial charge in [-0.15, -0.1) is 0 Å². The molecule has 31 heavy (non-hydrogen) atoms. The number of halogens is 1. The number of aliphatic imine (C=N–C) groups is 1. The third kappa shape index (κ3) is 8.44. The summed E-state index contributed by atoms with van der Waals surface area (Å²) in [4.78, 5) is 23.9. The molecule has 0 aliphatic heterocycles. The number of hydrogen-bond acceptors (Lipinski definition) is 9. The van der Waals surface area contributed by atoms with E-state index in [1.807, 2.05) is 0 Å². The lowest BCUT2D eigenvalue weighted by Crippen LogP contribution is -2.38. The van der Waals surface area contributed by atoms with Crippen molar-refractivity contribution in [3.8, 4) is 0 Å². The summed E-state index contributed by atoms with van der Waals surface area (Å²) in [5, 5.41) is 20.5. The average Bonchev–Trinajstić information content (AvgIpc) is 2.75. The Labute approximate surface area is 186 Å². The lowest BCUT2D eigenvalue weighted by atomic mass is 9.84. The first-order valence-electron chi connectivity index (χ1n) is 10.4. The van der Waals surface area contributed by atoms with E-state index >= 15 is 0 Å². The van der Waals surface area contributed by atoms with E-state index in [1.165, 1.54) is 0 Å². The predicted octanol–water partition coefficient (Wildman–Crippen LogP) is 0.438. The van der Waals surface area contributed by atoms with Gasteiger partial charge in [-0.3, -0.25) is 15.1 Å². The van der Waals surface area contributed by atoms with Crippen molar-refractivity contribution >= 4 is 35.1 Å². The molecule has 0 bridgehead atoms. The van der Waals surface area contributed by atoms with E-state index in [-0.39, 0.29) is 47.8 Å². The highest BCUT2D eigenvalue weighted by atomic mass is 35.5. The summed E-state index contributed by atoms with van der Waals surface area (Å²) in [6, 6.07) is 0. The monoisotopic (exact) mass is 457 g/mol. The molecule has 1 saturated carbocycles. The average molecular weight is 458 g/mol. The number of rotatable bonds is 10. The third-order valence-electron chi connectivity index (χ3n) is 5.19. The van der Waals surface area contributed by atoms with Crippen LogP contribution in [0.4, 0.5) is 11.6 Å². The van der Waals surface area contributed by atoms with Gasteiger partial charge < -0.3 is 32.2 Å². The molecule has 0 saturated heterocycles. The number of carbonyl (C=O) groups is 1. The van der Waals surface area contributed by atoms with Gasteiger partial charge in [0.25, 0.3) is 5.91 Å². The summed E-state index contributed by atoms with van der Waals surface area (Å²) in [5.74, 6) is -0.225. The van der Waals surface area contributed by atoms with E-state index in [9.17, 15) is 9.90 Å². The first kappa shape index (κ1) is 25.1. The Morgan fingerprint density at radius 1 is 1.23 bits per heavy atom. The Morgan fingerprint density at radius 2 is 1.94 bits per heavy atom. The maximum Gasteiger partial charge on any atom is 0.280 e. The Hall–Kier alpha value is -2.21. The van der Waals surface area contributed by atoms with Gasteiger partial charge in [0.15, 0.2) is 28.4 Å². The van der Waals surface area contributed by atoms with Crippen LogP contribution in [0, 0.1) is 5.92 Å². The van der Waals surface area contributed by atoms with Crippen LogP contribution in [0.2, 0.25) is 5.15 Å². The number of aliphatic hydroxyl groups is 2. The second-order valence-electron chi connectivity index (χ2n) is 7.66. The van der Waals surface area contributed by atoms with E-state index in [1.54, 1.807) is 0 Å². The van der Waals surface area contributed by atoms with Crippen LogP contribution in [0.5, 0.6) is 0 Å². The minimum absolute atomic E-state index is 0.0260. The van der Waals surface area contributed by atoms with Gasteiger partial charge in [0.1, 0.15) is 6.10 Å². The number of amides is 1. The number of anilines is 2. The van der Waals surface area contributed by atoms with E-state index in [0.29, 0.717) is 12.5 Å². The Kier molecular flexibility index (Phi) is 10.2. The topological polar surface area (TPSA) is 195 Å². The van der Waals surface area contributed by atoms with Crippen molar-refractivity contribution in [3.05, 3.63) is 10.8 Å². The molecule has 1 heterocycles. The van der Waals surface area contributed by atoms with Gasteiger partial charge in [-0.05, 0) is 38.0 Å². The number of aliphatic hydroxyl groups excluding tert-OH is 2. The first-order valence-corrected chi connectivity index (χ1v) is 10.8. The molecule has 1 aliphatic carbocycles. The minimum atomic E-state index is -0.801. The number of guanidine groups is 1. The number of hydrogen-bond donors (Lipinski definition) is 6. The van der Waals surface area contributed by atoms with Gasteiger partial charge in [0, 0.05) is 6.54 Å². The number of nitrogen functional groups attached to an aromatic ring is 2. The van der Waals surface area contributed by atoms with Crippen molar-refractivity contribution in [2.45, 2.75) is 57.2 Å². The standard InChI is InChI=1S/C19H32ClN7O4/c20-15-17(22)26-16(21)14(25-15)18(30)27-19(23)24-8-2-1-3-11-4-6-13(7-5-11)31-10-12(29)9-28/h11-13,28-29H,1-10H2,(H4,21,22,26)(H3,23,24,27,30)/t11?,12-,13?/m0/s1. The fourth-order valence-electron chi connectivity index (χ4n) is 3.46. The fraction of sp³-hybridized carbons (Fsp3) is 0.684. The smallest absolute Gasteiger partial charge is 0.280 e. The van der Waals surface area contributed by atoms with Crippen LogP contribution in [-0.4, -0.2) is 64.0 Å².